The van der Waals surface area contributed by atoms with E-state index in [1.807, 2.05) is 11.4 Å². The van der Waals surface area contributed by atoms with Crippen LogP contribution in [0.3, 0.4) is 0 Å². The van der Waals surface area contributed by atoms with Crippen molar-refractivity contribution in [2.24, 2.45) is 0 Å². The van der Waals surface area contributed by atoms with Gasteiger partial charge in [-0.1, -0.05) is 0 Å². The van der Waals surface area contributed by atoms with Crippen molar-refractivity contribution in [3.05, 3.63) is 23.5 Å². The van der Waals surface area contributed by atoms with Crippen LogP contribution in [0.4, 0.5) is 0 Å². The topological polar surface area (TPSA) is 42.9 Å². The van der Waals surface area contributed by atoms with E-state index in [4.69, 9.17) is 0 Å². The first-order valence-electron chi connectivity index (χ1n) is 3.05. The largest absolute Gasteiger partial charge is 0.294 e. The normalized spacial score (nSPS) is 10.2. The Hall–Kier alpha value is -1.29. The lowest BCUT2D eigenvalue weighted by Gasteiger charge is -1.87. The second-order valence-corrected chi connectivity index (χ2v) is 2.96. The summed E-state index contributed by atoms with van der Waals surface area (Å²) < 4.78 is 1.01. The zero-order valence-electron chi connectivity index (χ0n) is 5.52. The molecule has 4 heteroatoms. The average Bonchev–Trinajstić information content (AvgIpc) is 2.50. The van der Waals surface area contributed by atoms with Crippen molar-refractivity contribution >= 4 is 27.8 Å². The van der Waals surface area contributed by atoms with E-state index in [0.717, 1.165) is 10.2 Å². The van der Waals surface area contributed by atoms with Crippen LogP contribution >= 0.6 is 11.3 Å². The van der Waals surface area contributed by atoms with Gasteiger partial charge in [-0.15, -0.1) is 11.3 Å². The summed E-state index contributed by atoms with van der Waals surface area (Å²) in [6, 6.07) is 1.87. The third-order valence-electron chi connectivity index (χ3n) is 1.33. The van der Waals surface area contributed by atoms with Gasteiger partial charge >= 0.3 is 0 Å². The highest BCUT2D eigenvalue weighted by molar-refractivity contribution is 7.17. The second kappa shape index (κ2) is 2.39. The minimum Gasteiger partial charge on any atom is -0.294 e. The molecule has 0 aliphatic heterocycles. The van der Waals surface area contributed by atoms with Crippen LogP contribution in [0.1, 0.15) is 10.6 Å². The molecule has 2 heterocycles. The van der Waals surface area contributed by atoms with Crippen LogP contribution in [0.2, 0.25) is 0 Å². The number of carbonyl (C=O) groups is 1. The maximum absolute atomic E-state index is 10.3. The third kappa shape index (κ3) is 1.01. The molecule has 0 aromatic carbocycles. The molecule has 54 valence electrons. The molecule has 0 fully saturated rings. The average molecular weight is 164 g/mol. The van der Waals surface area contributed by atoms with Crippen LogP contribution in [-0.2, 0) is 0 Å². The standard InChI is InChI=1S/C7H4N2OS/c10-4-7-8-3-6-5(9-7)1-2-11-6/h1-4H. The highest BCUT2D eigenvalue weighted by Gasteiger charge is 1.97. The quantitative estimate of drug-likeness (QED) is 0.600. The molecule has 0 aliphatic rings. The van der Waals surface area contributed by atoms with Crippen LogP contribution in [0.15, 0.2) is 17.6 Å². The molecule has 0 amide bonds. The van der Waals surface area contributed by atoms with E-state index in [-0.39, 0.29) is 5.82 Å². The Morgan fingerprint density at radius 3 is 3.27 bits per heavy atom. The summed E-state index contributed by atoms with van der Waals surface area (Å²) in [7, 11) is 0. The lowest BCUT2D eigenvalue weighted by Crippen LogP contribution is -1.89. The summed E-state index contributed by atoms with van der Waals surface area (Å²) in [5.74, 6) is 0.246. The lowest BCUT2D eigenvalue weighted by atomic mass is 10.5. The Labute approximate surface area is 66.7 Å². The molecule has 2 rings (SSSR count). The number of carbonyl (C=O) groups excluding carboxylic acids is 1. The molecule has 0 saturated heterocycles. The summed E-state index contributed by atoms with van der Waals surface area (Å²) in [6.45, 7) is 0. The fraction of sp³-hybridized carbons (Fsp3) is 0. The van der Waals surface area contributed by atoms with Crippen molar-refractivity contribution in [3.63, 3.8) is 0 Å². The minimum atomic E-state index is 0.246. The van der Waals surface area contributed by atoms with Gasteiger partial charge in [0, 0.05) is 6.20 Å². The van der Waals surface area contributed by atoms with Crippen molar-refractivity contribution in [3.8, 4) is 0 Å². The van der Waals surface area contributed by atoms with E-state index in [9.17, 15) is 4.79 Å². The predicted octanol–water partition coefficient (Wildman–Crippen LogP) is 1.50. The summed E-state index contributed by atoms with van der Waals surface area (Å²) in [5.41, 5.74) is 0.840. The Morgan fingerprint density at radius 2 is 2.45 bits per heavy atom. The van der Waals surface area contributed by atoms with Crippen LogP contribution < -0.4 is 0 Å². The fourth-order valence-electron chi connectivity index (χ4n) is 0.837. The van der Waals surface area contributed by atoms with Gasteiger partial charge in [-0.05, 0) is 11.4 Å². The van der Waals surface area contributed by atoms with Crippen LogP contribution in [0.25, 0.3) is 10.2 Å². The number of nitrogens with zero attached hydrogens (tertiary/aromatic N) is 2. The summed E-state index contributed by atoms with van der Waals surface area (Å²) in [6.07, 6.45) is 2.31. The number of fused-ring (bicyclic) bond motifs is 1. The number of hydrogen-bond donors (Lipinski definition) is 0. The van der Waals surface area contributed by atoms with Crippen LogP contribution in [-0.4, -0.2) is 16.3 Å². The van der Waals surface area contributed by atoms with Gasteiger partial charge in [-0.25, -0.2) is 9.97 Å². The van der Waals surface area contributed by atoms with E-state index in [2.05, 4.69) is 9.97 Å². The molecule has 0 bridgehead atoms. The molecule has 0 saturated carbocycles. The van der Waals surface area contributed by atoms with Crippen LogP contribution in [0, 0.1) is 0 Å². The highest BCUT2D eigenvalue weighted by atomic mass is 32.1. The van der Waals surface area contributed by atoms with Crippen molar-refractivity contribution in [1.29, 1.82) is 0 Å². The maximum Gasteiger partial charge on any atom is 0.193 e. The SMILES string of the molecule is O=Cc1ncc2sccc2n1. The molecule has 2 aromatic rings. The summed E-state index contributed by atoms with van der Waals surface area (Å²) >= 11 is 1.57. The minimum absolute atomic E-state index is 0.246. The van der Waals surface area contributed by atoms with Gasteiger partial charge in [0.2, 0.25) is 0 Å². The number of rotatable bonds is 1. The zero-order valence-corrected chi connectivity index (χ0v) is 6.34. The smallest absolute Gasteiger partial charge is 0.193 e. The van der Waals surface area contributed by atoms with Crippen molar-refractivity contribution in [1.82, 2.24) is 9.97 Å². The van der Waals surface area contributed by atoms with E-state index < -0.39 is 0 Å². The van der Waals surface area contributed by atoms with Gasteiger partial charge in [0.15, 0.2) is 12.1 Å². The van der Waals surface area contributed by atoms with Gasteiger partial charge in [-0.2, -0.15) is 0 Å². The molecule has 0 atom stereocenters. The second-order valence-electron chi connectivity index (χ2n) is 2.02. The van der Waals surface area contributed by atoms with E-state index in [1.54, 1.807) is 17.5 Å². The van der Waals surface area contributed by atoms with Crippen LogP contribution in [0.5, 0.6) is 0 Å². The molecular formula is C7H4N2OS. The number of aldehydes is 1. The van der Waals surface area contributed by atoms with Gasteiger partial charge in [0.05, 0.1) is 10.2 Å². The Balaban J connectivity index is 2.76. The molecule has 11 heavy (non-hydrogen) atoms. The molecule has 3 nitrogen and oxygen atoms in total. The van der Waals surface area contributed by atoms with Crippen molar-refractivity contribution < 1.29 is 4.79 Å². The molecule has 0 N–H and O–H groups in total. The number of hydrogen-bond acceptors (Lipinski definition) is 4. The van der Waals surface area contributed by atoms with Gasteiger partial charge in [0.25, 0.3) is 0 Å². The predicted molar refractivity (Wildman–Crippen MR) is 42.8 cm³/mol. The Morgan fingerprint density at radius 1 is 1.55 bits per heavy atom. The van der Waals surface area contributed by atoms with E-state index >= 15 is 0 Å². The number of aromatic nitrogens is 2. The zero-order chi connectivity index (χ0) is 7.68. The van der Waals surface area contributed by atoms with E-state index in [0.29, 0.717) is 6.29 Å². The first-order chi connectivity index (χ1) is 5.40. The van der Waals surface area contributed by atoms with E-state index in [1.165, 1.54) is 0 Å². The van der Waals surface area contributed by atoms with Crippen molar-refractivity contribution in [2.45, 2.75) is 0 Å². The first-order valence-corrected chi connectivity index (χ1v) is 3.93. The molecule has 2 aromatic heterocycles. The summed E-state index contributed by atoms with van der Waals surface area (Å²) in [4.78, 5) is 18.1. The molecule has 0 unspecified atom stereocenters. The Bertz CT molecular complexity index is 396. The lowest BCUT2D eigenvalue weighted by molar-refractivity contribution is 0.111. The van der Waals surface area contributed by atoms with Gasteiger partial charge in [-0.3, -0.25) is 4.79 Å². The van der Waals surface area contributed by atoms with Gasteiger partial charge in [0.1, 0.15) is 0 Å². The summed E-state index contributed by atoms with van der Waals surface area (Å²) in [5, 5.41) is 1.92. The first kappa shape index (κ1) is 6.42. The Kier molecular flexibility index (Phi) is 1.40. The maximum atomic E-state index is 10.3. The molecule has 0 radical (unpaired) electrons. The van der Waals surface area contributed by atoms with Crippen molar-refractivity contribution in [2.75, 3.05) is 0 Å². The van der Waals surface area contributed by atoms with Gasteiger partial charge < -0.3 is 0 Å². The highest BCUT2D eigenvalue weighted by Crippen LogP contribution is 2.16. The molecule has 0 aliphatic carbocycles. The number of thiophene rings is 1. The monoisotopic (exact) mass is 164 g/mol. The fourth-order valence-corrected chi connectivity index (χ4v) is 1.53. The third-order valence-corrected chi connectivity index (χ3v) is 2.17. The molecular weight excluding hydrogens is 160 g/mol. The molecule has 0 spiro atoms.